The number of rotatable bonds is 5. The maximum Gasteiger partial charge on any atom is 0.0220 e. The summed E-state index contributed by atoms with van der Waals surface area (Å²) in [5.41, 5.74) is 0. The molecule has 0 spiro atoms. The Morgan fingerprint density at radius 2 is 2.00 bits per heavy atom. The minimum absolute atomic E-state index is 0.724. The lowest BCUT2D eigenvalue weighted by molar-refractivity contribution is 0.0694. The lowest BCUT2D eigenvalue weighted by Gasteiger charge is -2.44. The highest BCUT2D eigenvalue weighted by Gasteiger charge is 2.29. The lowest BCUT2D eigenvalue weighted by Crippen LogP contribution is -2.59. The number of likely N-dealkylation sites (tertiary alicyclic amines) is 1. The van der Waals surface area contributed by atoms with Crippen LogP contribution in [0.15, 0.2) is 0 Å². The van der Waals surface area contributed by atoms with Crippen molar-refractivity contribution in [3.05, 3.63) is 0 Å². The van der Waals surface area contributed by atoms with Gasteiger partial charge in [-0.2, -0.15) is 0 Å². The number of nitrogens with zero attached hydrogens (tertiary/aromatic N) is 2. The summed E-state index contributed by atoms with van der Waals surface area (Å²) in [5, 5.41) is 3.74. The molecule has 0 aromatic carbocycles. The van der Waals surface area contributed by atoms with Crippen LogP contribution in [-0.4, -0.2) is 61.2 Å². The van der Waals surface area contributed by atoms with Gasteiger partial charge in [0.05, 0.1) is 0 Å². The Bertz CT molecular complexity index is 256. The predicted octanol–water partition coefficient (Wildman–Crippen LogP) is 2.32. The normalized spacial score (nSPS) is 34.6. The summed E-state index contributed by atoms with van der Waals surface area (Å²) in [5.74, 6) is 0. The van der Waals surface area contributed by atoms with E-state index in [2.05, 4.69) is 36.0 Å². The van der Waals surface area contributed by atoms with Crippen LogP contribution in [0.2, 0.25) is 0 Å². The molecule has 0 saturated carbocycles. The fraction of sp³-hybridized carbons (Fsp3) is 1.00. The first-order valence-electron chi connectivity index (χ1n) is 8.42. The van der Waals surface area contributed by atoms with E-state index in [-0.39, 0.29) is 0 Å². The lowest BCUT2D eigenvalue weighted by atomic mass is 9.98. The third-order valence-electron chi connectivity index (χ3n) is 5.09. The Hall–Kier alpha value is -0.120. The summed E-state index contributed by atoms with van der Waals surface area (Å²) in [6.07, 6.45) is 8.12. The molecule has 2 aliphatic rings. The zero-order chi connectivity index (χ0) is 13.7. The van der Waals surface area contributed by atoms with Gasteiger partial charge < -0.3 is 10.2 Å². The highest BCUT2D eigenvalue weighted by molar-refractivity contribution is 4.88. The van der Waals surface area contributed by atoms with Gasteiger partial charge in [0.25, 0.3) is 0 Å². The smallest absolute Gasteiger partial charge is 0.0220 e. The number of nitrogens with one attached hydrogen (secondary N) is 1. The van der Waals surface area contributed by atoms with Gasteiger partial charge in [-0.25, -0.2) is 0 Å². The molecule has 0 bridgehead atoms. The molecule has 0 radical (unpaired) electrons. The van der Waals surface area contributed by atoms with E-state index in [0.717, 1.165) is 18.1 Å². The van der Waals surface area contributed by atoms with Crippen molar-refractivity contribution in [2.24, 2.45) is 0 Å². The molecule has 0 aliphatic carbocycles. The van der Waals surface area contributed by atoms with E-state index in [4.69, 9.17) is 0 Å². The monoisotopic (exact) mass is 267 g/mol. The van der Waals surface area contributed by atoms with Gasteiger partial charge in [-0.3, -0.25) is 4.90 Å². The van der Waals surface area contributed by atoms with Crippen LogP contribution in [-0.2, 0) is 0 Å². The first-order valence-corrected chi connectivity index (χ1v) is 8.42. The zero-order valence-corrected chi connectivity index (χ0v) is 13.2. The minimum Gasteiger partial charge on any atom is -0.311 e. The van der Waals surface area contributed by atoms with Crippen LogP contribution in [0.4, 0.5) is 0 Å². The average molecular weight is 267 g/mol. The Balaban J connectivity index is 1.89. The third-order valence-corrected chi connectivity index (χ3v) is 5.09. The molecule has 3 atom stereocenters. The molecule has 2 rings (SSSR count). The average Bonchev–Trinajstić information content (AvgIpc) is 2.42. The highest BCUT2D eigenvalue weighted by Crippen LogP contribution is 2.20. The van der Waals surface area contributed by atoms with Crippen LogP contribution in [0.5, 0.6) is 0 Å². The molecule has 3 nitrogen and oxygen atoms in total. The molecule has 2 heterocycles. The highest BCUT2D eigenvalue weighted by atomic mass is 15.3. The number of piperidine rings is 1. The Morgan fingerprint density at radius 3 is 2.68 bits per heavy atom. The molecule has 2 saturated heterocycles. The fourth-order valence-electron chi connectivity index (χ4n) is 3.74. The van der Waals surface area contributed by atoms with Crippen molar-refractivity contribution in [1.82, 2.24) is 15.1 Å². The summed E-state index contributed by atoms with van der Waals surface area (Å²) < 4.78 is 0. The molecule has 19 heavy (non-hydrogen) atoms. The second kappa shape index (κ2) is 7.61. The molecule has 0 amide bonds. The Kier molecular flexibility index (Phi) is 6.11. The van der Waals surface area contributed by atoms with Gasteiger partial charge >= 0.3 is 0 Å². The summed E-state index contributed by atoms with van der Waals surface area (Å²) in [6.45, 7) is 9.67. The predicted molar refractivity (Wildman–Crippen MR) is 82.6 cm³/mol. The number of hydrogen-bond donors (Lipinski definition) is 1. The van der Waals surface area contributed by atoms with Crippen molar-refractivity contribution >= 4 is 0 Å². The third kappa shape index (κ3) is 4.17. The maximum atomic E-state index is 3.74. The fourth-order valence-corrected chi connectivity index (χ4v) is 3.74. The summed E-state index contributed by atoms with van der Waals surface area (Å²) >= 11 is 0. The van der Waals surface area contributed by atoms with Crippen molar-refractivity contribution in [3.8, 4) is 0 Å². The van der Waals surface area contributed by atoms with E-state index in [9.17, 15) is 0 Å². The van der Waals surface area contributed by atoms with Gasteiger partial charge in [-0.1, -0.05) is 26.7 Å². The van der Waals surface area contributed by atoms with Crippen LogP contribution in [0.3, 0.4) is 0 Å². The molecule has 0 aromatic rings. The van der Waals surface area contributed by atoms with Crippen molar-refractivity contribution in [3.63, 3.8) is 0 Å². The second-order valence-electron chi connectivity index (χ2n) is 6.54. The largest absolute Gasteiger partial charge is 0.311 e. The van der Waals surface area contributed by atoms with Crippen molar-refractivity contribution < 1.29 is 0 Å². The zero-order valence-electron chi connectivity index (χ0n) is 13.2. The molecule has 112 valence electrons. The van der Waals surface area contributed by atoms with E-state index in [0.29, 0.717) is 0 Å². The summed E-state index contributed by atoms with van der Waals surface area (Å²) in [6, 6.07) is 2.27. The number of hydrogen-bond acceptors (Lipinski definition) is 3. The first-order chi connectivity index (χ1) is 9.24. The Morgan fingerprint density at radius 1 is 1.16 bits per heavy atom. The topological polar surface area (TPSA) is 18.5 Å². The molecule has 3 unspecified atom stereocenters. The van der Waals surface area contributed by atoms with Gasteiger partial charge in [0, 0.05) is 37.8 Å². The summed E-state index contributed by atoms with van der Waals surface area (Å²) in [4.78, 5) is 5.37. The van der Waals surface area contributed by atoms with E-state index in [1.54, 1.807) is 0 Å². The van der Waals surface area contributed by atoms with Crippen molar-refractivity contribution in [1.29, 1.82) is 0 Å². The van der Waals surface area contributed by atoms with Crippen LogP contribution in [0.25, 0.3) is 0 Å². The molecule has 2 fully saturated rings. The standard InChI is InChI=1S/C16H33N3/c1-4-8-14-12-19(15(5-2)11-17-14)13-16-9-6-7-10-18(16)3/h14-17H,4-13H2,1-3H3. The Labute approximate surface area is 119 Å². The molecular weight excluding hydrogens is 234 g/mol. The quantitative estimate of drug-likeness (QED) is 0.825. The van der Waals surface area contributed by atoms with Crippen molar-refractivity contribution in [2.75, 3.05) is 33.2 Å². The molecule has 3 heteroatoms. The van der Waals surface area contributed by atoms with Gasteiger partial charge in [-0.05, 0) is 39.3 Å². The maximum absolute atomic E-state index is 3.74. The second-order valence-corrected chi connectivity index (χ2v) is 6.54. The van der Waals surface area contributed by atoms with E-state index in [1.165, 1.54) is 64.7 Å². The van der Waals surface area contributed by atoms with Crippen LogP contribution in [0.1, 0.15) is 52.4 Å². The van der Waals surface area contributed by atoms with Crippen LogP contribution < -0.4 is 5.32 Å². The SMILES string of the molecule is CCCC1CN(CC2CCCCN2C)C(CC)CN1. The molecule has 0 aromatic heterocycles. The van der Waals surface area contributed by atoms with Crippen molar-refractivity contribution in [2.45, 2.75) is 70.5 Å². The van der Waals surface area contributed by atoms with Gasteiger partial charge in [0.1, 0.15) is 0 Å². The molecular formula is C16H33N3. The van der Waals surface area contributed by atoms with Gasteiger partial charge in [0.2, 0.25) is 0 Å². The van der Waals surface area contributed by atoms with Crippen LogP contribution >= 0.6 is 0 Å². The minimum atomic E-state index is 0.724. The molecule has 2 aliphatic heterocycles. The molecule has 1 N–H and O–H groups in total. The van der Waals surface area contributed by atoms with Gasteiger partial charge in [0.15, 0.2) is 0 Å². The van der Waals surface area contributed by atoms with Gasteiger partial charge in [-0.15, -0.1) is 0 Å². The van der Waals surface area contributed by atoms with E-state index in [1.807, 2.05) is 0 Å². The van der Waals surface area contributed by atoms with E-state index < -0.39 is 0 Å². The first kappa shape index (κ1) is 15.3. The van der Waals surface area contributed by atoms with Crippen LogP contribution in [0, 0.1) is 0 Å². The number of likely N-dealkylation sites (N-methyl/N-ethyl adjacent to an activating group) is 1. The van der Waals surface area contributed by atoms with E-state index >= 15 is 0 Å². The number of piperazine rings is 1. The summed E-state index contributed by atoms with van der Waals surface area (Å²) in [7, 11) is 2.32.